The first-order valence-electron chi connectivity index (χ1n) is 25.9. The highest BCUT2D eigenvalue weighted by molar-refractivity contribution is 5.77. The van der Waals surface area contributed by atoms with Crippen LogP contribution in [0.5, 0.6) is 0 Å². The molecule has 60 heavy (non-hydrogen) atoms. The van der Waals surface area contributed by atoms with Gasteiger partial charge in [-0.1, -0.05) is 249 Å². The standard InChI is InChI=1S/C54H99NO5/c1-4-7-10-13-16-19-22-24-25-26-27-29-32-35-38-41-44-47-54(59)60-50(45-42-39-36-33-31-28-23-20-17-14-11-8-5-2)48-53(58)55-51(49-56)52(57)46-43-40-37-34-30-21-18-15-12-9-6-3/h8,11,14,17,20,23,28,31,50-52,56-57H,4-7,9-10,12-13,15-16,18-19,21-22,24-27,29-30,32-49H2,1-3H3,(H,55,58)/b11-8+,17-14+,23-20+,31-28-. The lowest BCUT2D eigenvalue weighted by atomic mass is 10.0. The summed E-state index contributed by atoms with van der Waals surface area (Å²) in [7, 11) is 0. The average Bonchev–Trinajstić information content (AvgIpc) is 3.24. The van der Waals surface area contributed by atoms with Crippen molar-refractivity contribution >= 4 is 11.9 Å². The molecule has 0 saturated carbocycles. The summed E-state index contributed by atoms with van der Waals surface area (Å²) in [5, 5.41) is 23.7. The van der Waals surface area contributed by atoms with E-state index in [1.165, 1.54) is 141 Å². The third-order valence-electron chi connectivity index (χ3n) is 11.8. The highest BCUT2D eigenvalue weighted by Gasteiger charge is 2.24. The third-order valence-corrected chi connectivity index (χ3v) is 11.8. The Morgan fingerprint density at radius 2 is 0.900 bits per heavy atom. The molecule has 0 rings (SSSR count). The molecule has 0 radical (unpaired) electrons. The van der Waals surface area contributed by atoms with Crippen LogP contribution in [-0.4, -0.2) is 46.9 Å². The maximum absolute atomic E-state index is 13.2. The largest absolute Gasteiger partial charge is 0.462 e. The number of hydrogen-bond acceptors (Lipinski definition) is 5. The van der Waals surface area contributed by atoms with Crippen LogP contribution in [0.25, 0.3) is 0 Å². The number of aliphatic hydroxyl groups excluding tert-OH is 2. The Bertz CT molecular complexity index is 1040. The Morgan fingerprint density at radius 1 is 0.500 bits per heavy atom. The number of ether oxygens (including phenoxy) is 1. The van der Waals surface area contributed by atoms with Crippen LogP contribution in [0, 0.1) is 0 Å². The number of hydrogen-bond donors (Lipinski definition) is 3. The number of nitrogens with one attached hydrogen (secondary N) is 1. The van der Waals surface area contributed by atoms with Crippen molar-refractivity contribution < 1.29 is 24.5 Å². The molecule has 0 heterocycles. The number of aliphatic hydroxyl groups is 2. The predicted octanol–water partition coefficient (Wildman–Crippen LogP) is 15.5. The molecule has 3 N–H and O–H groups in total. The van der Waals surface area contributed by atoms with Crippen LogP contribution in [-0.2, 0) is 14.3 Å². The minimum absolute atomic E-state index is 0.0537. The van der Waals surface area contributed by atoms with Crippen LogP contribution < -0.4 is 5.32 Å². The summed E-state index contributed by atoms with van der Waals surface area (Å²) < 4.78 is 5.92. The van der Waals surface area contributed by atoms with Gasteiger partial charge in [-0.2, -0.15) is 0 Å². The molecule has 0 spiro atoms. The van der Waals surface area contributed by atoms with E-state index in [9.17, 15) is 19.8 Å². The monoisotopic (exact) mass is 842 g/mol. The first-order valence-corrected chi connectivity index (χ1v) is 25.9. The van der Waals surface area contributed by atoms with Gasteiger partial charge >= 0.3 is 5.97 Å². The number of amides is 1. The van der Waals surface area contributed by atoms with Crippen molar-refractivity contribution in [3.63, 3.8) is 0 Å². The van der Waals surface area contributed by atoms with Gasteiger partial charge in [-0.15, -0.1) is 0 Å². The molecule has 0 aromatic heterocycles. The molecule has 3 atom stereocenters. The lowest BCUT2D eigenvalue weighted by molar-refractivity contribution is -0.151. The van der Waals surface area contributed by atoms with Gasteiger partial charge in [0, 0.05) is 6.42 Å². The van der Waals surface area contributed by atoms with Gasteiger partial charge in [-0.3, -0.25) is 9.59 Å². The second-order valence-corrected chi connectivity index (χ2v) is 17.6. The number of unbranched alkanes of at least 4 members (excludes halogenated alkanes) is 29. The van der Waals surface area contributed by atoms with Gasteiger partial charge in [0.05, 0.1) is 25.2 Å². The second kappa shape index (κ2) is 47.9. The zero-order valence-electron chi connectivity index (χ0n) is 39.8. The highest BCUT2D eigenvalue weighted by atomic mass is 16.5. The quantitative estimate of drug-likeness (QED) is 0.0322. The molecular formula is C54H99NO5. The Morgan fingerprint density at radius 3 is 1.37 bits per heavy atom. The van der Waals surface area contributed by atoms with Crippen molar-refractivity contribution in [2.75, 3.05) is 6.61 Å². The summed E-state index contributed by atoms with van der Waals surface area (Å²) in [6.07, 6.45) is 57.5. The van der Waals surface area contributed by atoms with Gasteiger partial charge in [0.1, 0.15) is 6.10 Å². The Labute approximate surface area is 372 Å². The molecule has 1 amide bonds. The van der Waals surface area contributed by atoms with Gasteiger partial charge in [-0.05, 0) is 44.9 Å². The molecule has 0 aliphatic rings. The Hall–Kier alpha value is -2.18. The fraction of sp³-hybridized carbons (Fsp3) is 0.815. The minimum Gasteiger partial charge on any atom is -0.462 e. The molecule has 0 fully saturated rings. The van der Waals surface area contributed by atoms with Crippen LogP contribution in [0.1, 0.15) is 258 Å². The lowest BCUT2D eigenvalue weighted by Crippen LogP contribution is -2.46. The number of carbonyl (C=O) groups is 2. The van der Waals surface area contributed by atoms with Crippen molar-refractivity contribution in [2.24, 2.45) is 0 Å². The molecule has 6 nitrogen and oxygen atoms in total. The minimum atomic E-state index is -0.796. The lowest BCUT2D eigenvalue weighted by Gasteiger charge is -2.24. The van der Waals surface area contributed by atoms with Crippen LogP contribution in [0.4, 0.5) is 0 Å². The zero-order chi connectivity index (χ0) is 43.8. The van der Waals surface area contributed by atoms with E-state index in [0.29, 0.717) is 19.3 Å². The van der Waals surface area contributed by atoms with Crippen LogP contribution in [0.3, 0.4) is 0 Å². The van der Waals surface area contributed by atoms with E-state index in [1.54, 1.807) is 0 Å². The molecule has 350 valence electrons. The number of esters is 1. The SMILES string of the molecule is CC/C=C/C=C/C=C/C=C\CCCCCC(CC(=O)NC(CO)C(O)CCCCCCCCCCCCC)OC(=O)CCCCCCCCCCCCCCCCCCC. The van der Waals surface area contributed by atoms with Crippen molar-refractivity contribution in [3.05, 3.63) is 48.6 Å². The van der Waals surface area contributed by atoms with E-state index in [2.05, 4.69) is 50.4 Å². The maximum atomic E-state index is 13.2. The number of rotatable bonds is 46. The molecule has 0 aliphatic heterocycles. The van der Waals surface area contributed by atoms with Gasteiger partial charge in [0.2, 0.25) is 5.91 Å². The molecule has 0 aromatic carbocycles. The normalized spacial score (nSPS) is 13.6. The van der Waals surface area contributed by atoms with Crippen LogP contribution >= 0.6 is 0 Å². The average molecular weight is 842 g/mol. The van der Waals surface area contributed by atoms with E-state index >= 15 is 0 Å². The Balaban J connectivity index is 4.58. The van der Waals surface area contributed by atoms with Crippen molar-refractivity contribution in [3.8, 4) is 0 Å². The third kappa shape index (κ3) is 42.5. The number of allylic oxidation sites excluding steroid dienone is 8. The van der Waals surface area contributed by atoms with Crippen LogP contribution in [0.15, 0.2) is 48.6 Å². The van der Waals surface area contributed by atoms with Gasteiger partial charge in [-0.25, -0.2) is 0 Å². The van der Waals surface area contributed by atoms with E-state index < -0.39 is 18.2 Å². The molecule has 6 heteroatoms. The van der Waals surface area contributed by atoms with Crippen molar-refractivity contribution in [1.82, 2.24) is 5.32 Å². The summed E-state index contributed by atoms with van der Waals surface area (Å²) in [5.74, 6) is -0.505. The molecule has 0 bridgehead atoms. The summed E-state index contributed by atoms with van der Waals surface area (Å²) in [5.41, 5.74) is 0. The molecule has 3 unspecified atom stereocenters. The smallest absolute Gasteiger partial charge is 0.306 e. The highest BCUT2D eigenvalue weighted by Crippen LogP contribution is 2.18. The van der Waals surface area contributed by atoms with Crippen molar-refractivity contribution in [1.29, 1.82) is 0 Å². The molecule has 0 aliphatic carbocycles. The van der Waals surface area contributed by atoms with Gasteiger partial charge in [0.25, 0.3) is 0 Å². The van der Waals surface area contributed by atoms with E-state index in [1.807, 2.05) is 24.3 Å². The maximum Gasteiger partial charge on any atom is 0.306 e. The number of carbonyl (C=O) groups excluding carboxylic acids is 2. The van der Waals surface area contributed by atoms with E-state index in [4.69, 9.17) is 4.74 Å². The molecule has 0 aromatic rings. The van der Waals surface area contributed by atoms with E-state index in [-0.39, 0.29) is 24.9 Å². The summed E-state index contributed by atoms with van der Waals surface area (Å²) in [4.78, 5) is 26.1. The Kier molecular flexibility index (Phi) is 46.1. The van der Waals surface area contributed by atoms with E-state index in [0.717, 1.165) is 70.6 Å². The predicted molar refractivity (Wildman–Crippen MR) is 259 cm³/mol. The molecule has 0 saturated heterocycles. The zero-order valence-corrected chi connectivity index (χ0v) is 39.8. The fourth-order valence-electron chi connectivity index (χ4n) is 7.85. The molecular weight excluding hydrogens is 743 g/mol. The summed E-state index contributed by atoms with van der Waals surface area (Å²) >= 11 is 0. The van der Waals surface area contributed by atoms with Crippen molar-refractivity contribution in [2.45, 2.75) is 277 Å². The first kappa shape index (κ1) is 57.8. The summed E-state index contributed by atoms with van der Waals surface area (Å²) in [6, 6.07) is -0.712. The van der Waals surface area contributed by atoms with Gasteiger partial charge < -0.3 is 20.3 Å². The van der Waals surface area contributed by atoms with Crippen LogP contribution in [0.2, 0.25) is 0 Å². The topological polar surface area (TPSA) is 95.9 Å². The fourth-order valence-corrected chi connectivity index (χ4v) is 7.85. The summed E-state index contributed by atoms with van der Waals surface area (Å²) in [6.45, 7) is 6.34. The first-order chi connectivity index (χ1) is 29.5. The second-order valence-electron chi connectivity index (χ2n) is 17.6. The van der Waals surface area contributed by atoms with Gasteiger partial charge in [0.15, 0.2) is 0 Å².